The Labute approximate surface area is 89.6 Å². The average Bonchev–Trinajstić information content (AvgIpc) is 2.56. The van der Waals surface area contributed by atoms with Crippen molar-refractivity contribution < 1.29 is 19.4 Å². The van der Waals surface area contributed by atoms with E-state index in [1.807, 2.05) is 0 Å². The van der Waals surface area contributed by atoms with Gasteiger partial charge in [-0.05, 0) is 6.42 Å². The molecule has 1 N–H and O–H groups in total. The third-order valence-electron chi connectivity index (χ3n) is 3.23. The van der Waals surface area contributed by atoms with Crippen LogP contribution in [0.25, 0.3) is 0 Å². The molecule has 0 amide bonds. The van der Waals surface area contributed by atoms with Crippen molar-refractivity contribution in [3.05, 3.63) is 0 Å². The van der Waals surface area contributed by atoms with Crippen LogP contribution in [0.4, 0.5) is 0 Å². The van der Waals surface area contributed by atoms with E-state index in [4.69, 9.17) is 14.6 Å². The van der Waals surface area contributed by atoms with E-state index in [-0.39, 0.29) is 11.3 Å². The monoisotopic (exact) mass is 214 g/mol. The van der Waals surface area contributed by atoms with Gasteiger partial charge in [0.15, 0.2) is 5.79 Å². The molecule has 0 aromatic rings. The van der Waals surface area contributed by atoms with E-state index in [9.17, 15) is 4.79 Å². The number of hydrogen-bond donors (Lipinski definition) is 1. The Morgan fingerprint density at radius 1 is 1.33 bits per heavy atom. The van der Waals surface area contributed by atoms with Crippen molar-refractivity contribution in [3.8, 4) is 0 Å². The van der Waals surface area contributed by atoms with Crippen molar-refractivity contribution in [2.45, 2.75) is 38.9 Å². The molecule has 1 saturated carbocycles. The molecule has 2 fully saturated rings. The highest BCUT2D eigenvalue weighted by Gasteiger charge is 2.47. The molecule has 15 heavy (non-hydrogen) atoms. The molecule has 0 radical (unpaired) electrons. The minimum absolute atomic E-state index is 0.0482. The molecule has 1 aliphatic heterocycles. The fourth-order valence-corrected chi connectivity index (χ4v) is 2.18. The Hall–Kier alpha value is -0.610. The van der Waals surface area contributed by atoms with Crippen LogP contribution in [0.5, 0.6) is 0 Å². The fraction of sp³-hybridized carbons (Fsp3) is 0.909. The van der Waals surface area contributed by atoms with Crippen LogP contribution < -0.4 is 0 Å². The van der Waals surface area contributed by atoms with Crippen LogP contribution in [0.2, 0.25) is 0 Å². The molecule has 1 spiro atoms. The topological polar surface area (TPSA) is 55.8 Å². The molecular formula is C11H18O4. The van der Waals surface area contributed by atoms with Gasteiger partial charge in [0.05, 0.1) is 19.1 Å². The van der Waals surface area contributed by atoms with Gasteiger partial charge in [-0.25, -0.2) is 0 Å². The predicted octanol–water partition coefficient (Wildman–Crippen LogP) is 1.64. The Morgan fingerprint density at radius 2 is 1.93 bits per heavy atom. The highest BCUT2D eigenvalue weighted by molar-refractivity contribution is 5.70. The Bertz CT molecular complexity index is 262. The summed E-state index contributed by atoms with van der Waals surface area (Å²) in [7, 11) is 0. The van der Waals surface area contributed by atoms with Crippen molar-refractivity contribution in [3.63, 3.8) is 0 Å². The van der Waals surface area contributed by atoms with E-state index in [0.717, 1.165) is 0 Å². The second kappa shape index (κ2) is 3.46. The van der Waals surface area contributed by atoms with Gasteiger partial charge in [0.1, 0.15) is 0 Å². The van der Waals surface area contributed by atoms with Crippen molar-refractivity contribution in [2.24, 2.45) is 11.3 Å². The maximum absolute atomic E-state index is 10.8. The molecule has 1 saturated heterocycles. The predicted molar refractivity (Wildman–Crippen MR) is 53.4 cm³/mol. The first-order valence-corrected chi connectivity index (χ1v) is 5.43. The Kier molecular flexibility index (Phi) is 2.51. The first-order valence-electron chi connectivity index (χ1n) is 5.43. The second-order valence-electron chi connectivity index (χ2n) is 5.43. The van der Waals surface area contributed by atoms with Crippen LogP contribution in [0.3, 0.4) is 0 Å². The molecule has 4 nitrogen and oxygen atoms in total. The minimum atomic E-state index is -0.732. The summed E-state index contributed by atoms with van der Waals surface area (Å²) in [5.74, 6) is -1.63. The van der Waals surface area contributed by atoms with Gasteiger partial charge in [-0.3, -0.25) is 4.79 Å². The summed E-state index contributed by atoms with van der Waals surface area (Å²) in [4.78, 5) is 10.8. The van der Waals surface area contributed by atoms with Gasteiger partial charge in [-0.15, -0.1) is 0 Å². The Morgan fingerprint density at radius 3 is 2.40 bits per heavy atom. The van der Waals surface area contributed by atoms with Crippen LogP contribution in [0, 0.1) is 11.3 Å². The van der Waals surface area contributed by atoms with Crippen LogP contribution in [0.15, 0.2) is 0 Å². The third kappa shape index (κ3) is 2.16. The SMILES string of the molecule is CC1(C)COC2(CCC(C(=O)O)C2)OC1. The lowest BCUT2D eigenvalue weighted by atomic mass is 9.94. The molecule has 1 heterocycles. The summed E-state index contributed by atoms with van der Waals surface area (Å²) in [6, 6.07) is 0. The lowest BCUT2D eigenvalue weighted by Crippen LogP contribution is -2.46. The molecule has 0 bridgehead atoms. The maximum atomic E-state index is 10.8. The molecule has 2 aliphatic rings. The zero-order chi connectivity index (χ0) is 11.1. The third-order valence-corrected chi connectivity index (χ3v) is 3.23. The zero-order valence-corrected chi connectivity index (χ0v) is 9.28. The van der Waals surface area contributed by atoms with Gasteiger partial charge in [-0.1, -0.05) is 13.8 Å². The number of carbonyl (C=O) groups is 1. The molecule has 86 valence electrons. The summed E-state index contributed by atoms with van der Waals surface area (Å²) < 4.78 is 11.5. The summed E-state index contributed by atoms with van der Waals surface area (Å²) in [5, 5.41) is 8.92. The molecule has 1 unspecified atom stereocenters. The van der Waals surface area contributed by atoms with Crippen molar-refractivity contribution in [1.82, 2.24) is 0 Å². The first-order chi connectivity index (χ1) is 6.93. The number of aliphatic carboxylic acids is 1. The van der Waals surface area contributed by atoms with Gasteiger partial charge in [0.2, 0.25) is 0 Å². The molecular weight excluding hydrogens is 196 g/mol. The normalized spacial score (nSPS) is 33.1. The van der Waals surface area contributed by atoms with Gasteiger partial charge in [-0.2, -0.15) is 0 Å². The van der Waals surface area contributed by atoms with Gasteiger partial charge in [0, 0.05) is 18.3 Å². The first kappa shape index (κ1) is 10.9. The molecule has 1 atom stereocenters. The minimum Gasteiger partial charge on any atom is -0.481 e. The summed E-state index contributed by atoms with van der Waals surface area (Å²) in [5.41, 5.74) is 0.0482. The number of ether oxygens (including phenoxy) is 2. The van der Waals surface area contributed by atoms with Gasteiger partial charge < -0.3 is 14.6 Å². The summed E-state index contributed by atoms with van der Waals surface area (Å²) >= 11 is 0. The fourth-order valence-electron chi connectivity index (χ4n) is 2.18. The Balaban J connectivity index is 1.98. The standard InChI is InChI=1S/C11H18O4/c1-10(2)6-14-11(15-7-10)4-3-8(5-11)9(12)13/h8H,3-7H2,1-2H3,(H,12,13). The number of carboxylic acids is 1. The van der Waals surface area contributed by atoms with E-state index >= 15 is 0 Å². The number of carboxylic acid groups (broad SMARTS) is 1. The lowest BCUT2D eigenvalue weighted by molar-refractivity contribution is -0.295. The van der Waals surface area contributed by atoms with Crippen LogP contribution in [0.1, 0.15) is 33.1 Å². The number of rotatable bonds is 1. The van der Waals surface area contributed by atoms with E-state index in [1.165, 1.54) is 0 Å². The maximum Gasteiger partial charge on any atom is 0.306 e. The van der Waals surface area contributed by atoms with Gasteiger partial charge in [0.25, 0.3) is 0 Å². The average molecular weight is 214 g/mol. The quantitative estimate of drug-likeness (QED) is 0.721. The summed E-state index contributed by atoms with van der Waals surface area (Å²) in [6.07, 6.45) is 1.87. The highest BCUT2D eigenvalue weighted by Crippen LogP contribution is 2.43. The van der Waals surface area contributed by atoms with Crippen molar-refractivity contribution in [2.75, 3.05) is 13.2 Å². The van der Waals surface area contributed by atoms with Crippen LogP contribution >= 0.6 is 0 Å². The van der Waals surface area contributed by atoms with E-state index in [0.29, 0.717) is 32.5 Å². The summed E-state index contributed by atoms with van der Waals surface area (Å²) in [6.45, 7) is 5.48. The molecule has 2 rings (SSSR count). The van der Waals surface area contributed by atoms with E-state index < -0.39 is 11.8 Å². The van der Waals surface area contributed by atoms with Gasteiger partial charge >= 0.3 is 5.97 Å². The zero-order valence-electron chi connectivity index (χ0n) is 9.28. The van der Waals surface area contributed by atoms with E-state index in [1.54, 1.807) is 0 Å². The largest absolute Gasteiger partial charge is 0.481 e. The smallest absolute Gasteiger partial charge is 0.306 e. The molecule has 0 aromatic heterocycles. The van der Waals surface area contributed by atoms with E-state index in [2.05, 4.69) is 13.8 Å². The number of hydrogen-bond acceptors (Lipinski definition) is 3. The van der Waals surface area contributed by atoms with Crippen LogP contribution in [-0.2, 0) is 14.3 Å². The highest BCUT2D eigenvalue weighted by atomic mass is 16.7. The van der Waals surface area contributed by atoms with Crippen LogP contribution in [-0.4, -0.2) is 30.1 Å². The van der Waals surface area contributed by atoms with Crippen molar-refractivity contribution in [1.29, 1.82) is 0 Å². The molecule has 1 aliphatic carbocycles. The molecule has 4 heteroatoms. The molecule has 0 aromatic carbocycles. The lowest BCUT2D eigenvalue weighted by Gasteiger charge is -2.41. The second-order valence-corrected chi connectivity index (χ2v) is 5.43. The van der Waals surface area contributed by atoms with Crippen molar-refractivity contribution >= 4 is 5.97 Å².